The lowest BCUT2D eigenvalue weighted by molar-refractivity contribution is -0.120. The van der Waals surface area contributed by atoms with Gasteiger partial charge in [-0.25, -0.2) is 8.42 Å². The summed E-state index contributed by atoms with van der Waals surface area (Å²) in [5, 5.41) is 3.64. The monoisotopic (exact) mass is 616 g/mol. The number of nitrogens with zero attached hydrogens (tertiary/aromatic N) is 3. The molecule has 0 atom stereocenters. The number of piperidine rings is 1. The van der Waals surface area contributed by atoms with Crippen LogP contribution in [0.5, 0.6) is 5.75 Å². The Morgan fingerprint density at radius 1 is 0.864 bits per heavy atom. The molecule has 2 aliphatic rings. The number of hydrogen-bond acceptors (Lipinski definition) is 7. The Morgan fingerprint density at radius 2 is 1.52 bits per heavy atom. The van der Waals surface area contributed by atoms with Crippen molar-refractivity contribution >= 4 is 44.2 Å². The van der Waals surface area contributed by atoms with Crippen molar-refractivity contribution in [2.24, 2.45) is 5.92 Å². The Hall–Kier alpha value is -4.35. The van der Waals surface area contributed by atoms with Crippen molar-refractivity contribution in [3.8, 4) is 5.75 Å². The summed E-state index contributed by atoms with van der Waals surface area (Å²) in [7, 11) is -1.99. The first-order chi connectivity index (χ1) is 21.3. The topological polar surface area (TPSA) is 112 Å². The van der Waals surface area contributed by atoms with Crippen LogP contribution < -0.4 is 15.0 Å². The molecule has 0 aliphatic carbocycles. The minimum atomic E-state index is -3.64. The van der Waals surface area contributed by atoms with Gasteiger partial charge in [0.25, 0.3) is 5.91 Å². The van der Waals surface area contributed by atoms with Gasteiger partial charge < -0.3 is 24.3 Å². The molecule has 11 heteroatoms. The number of piperazine rings is 1. The third kappa shape index (κ3) is 5.77. The third-order valence-corrected chi connectivity index (χ3v) is 10.4. The van der Waals surface area contributed by atoms with E-state index in [2.05, 4.69) is 10.2 Å². The average Bonchev–Trinajstić information content (AvgIpc) is 3.42. The molecule has 2 fully saturated rings. The Kier molecular flexibility index (Phi) is 8.33. The SMILES string of the molecule is COc1ccccc1N1CCN(C(=O)c2oc3ccccc3c2NC(=O)C2CCN(S(=O)(=O)c3ccc(C)cc3)CC2)CC1. The fraction of sp³-hybridized carbons (Fsp3) is 0.333. The van der Waals surface area contributed by atoms with E-state index in [4.69, 9.17) is 9.15 Å². The first-order valence-corrected chi connectivity index (χ1v) is 16.3. The first-order valence-electron chi connectivity index (χ1n) is 14.8. The van der Waals surface area contributed by atoms with Gasteiger partial charge in [0.05, 0.1) is 17.7 Å². The molecule has 2 aliphatic heterocycles. The van der Waals surface area contributed by atoms with E-state index in [0.717, 1.165) is 17.0 Å². The summed E-state index contributed by atoms with van der Waals surface area (Å²) < 4.78 is 39.3. The van der Waals surface area contributed by atoms with Gasteiger partial charge in [0.2, 0.25) is 21.7 Å². The molecule has 44 heavy (non-hydrogen) atoms. The predicted molar refractivity (Wildman–Crippen MR) is 169 cm³/mol. The van der Waals surface area contributed by atoms with Crippen LogP contribution in [0.3, 0.4) is 0 Å². The van der Waals surface area contributed by atoms with Crippen LogP contribution >= 0.6 is 0 Å². The van der Waals surface area contributed by atoms with Crippen LogP contribution in [-0.4, -0.2) is 75.8 Å². The highest BCUT2D eigenvalue weighted by atomic mass is 32.2. The number of sulfonamides is 1. The molecule has 6 rings (SSSR count). The van der Waals surface area contributed by atoms with Crippen LogP contribution in [0.4, 0.5) is 11.4 Å². The minimum absolute atomic E-state index is 0.102. The number of fused-ring (bicyclic) bond motifs is 1. The predicted octanol–water partition coefficient (Wildman–Crippen LogP) is 4.75. The van der Waals surface area contributed by atoms with Crippen LogP contribution in [0.15, 0.2) is 82.1 Å². The Balaban J connectivity index is 1.14. The van der Waals surface area contributed by atoms with E-state index >= 15 is 0 Å². The number of para-hydroxylation sites is 3. The van der Waals surface area contributed by atoms with E-state index in [0.29, 0.717) is 55.7 Å². The van der Waals surface area contributed by atoms with E-state index in [-0.39, 0.29) is 35.6 Å². The highest BCUT2D eigenvalue weighted by Gasteiger charge is 2.34. The Labute approximate surface area is 257 Å². The van der Waals surface area contributed by atoms with E-state index < -0.39 is 15.9 Å². The van der Waals surface area contributed by atoms with Gasteiger partial charge in [0.15, 0.2) is 0 Å². The molecule has 3 aromatic carbocycles. The van der Waals surface area contributed by atoms with E-state index in [9.17, 15) is 18.0 Å². The quantitative estimate of drug-likeness (QED) is 0.319. The highest BCUT2D eigenvalue weighted by molar-refractivity contribution is 7.89. The van der Waals surface area contributed by atoms with Crippen molar-refractivity contribution < 1.29 is 27.2 Å². The molecule has 1 N–H and O–H groups in total. The second-order valence-electron chi connectivity index (χ2n) is 11.2. The molecule has 3 heterocycles. The number of nitrogens with one attached hydrogen (secondary N) is 1. The Morgan fingerprint density at radius 3 is 2.23 bits per heavy atom. The summed E-state index contributed by atoms with van der Waals surface area (Å²) in [5.74, 6) is -0.0486. The number of ether oxygens (including phenoxy) is 1. The number of aryl methyl sites for hydroxylation is 1. The second kappa shape index (κ2) is 12.3. The van der Waals surface area contributed by atoms with Gasteiger partial charge in [0, 0.05) is 50.6 Å². The van der Waals surface area contributed by atoms with E-state index in [1.807, 2.05) is 49.4 Å². The van der Waals surface area contributed by atoms with Crippen molar-refractivity contribution in [1.29, 1.82) is 0 Å². The van der Waals surface area contributed by atoms with Crippen LogP contribution in [0.1, 0.15) is 29.0 Å². The average molecular weight is 617 g/mol. The lowest BCUT2D eigenvalue weighted by atomic mass is 9.97. The summed E-state index contributed by atoms with van der Waals surface area (Å²) in [5.41, 5.74) is 2.84. The number of anilines is 2. The molecular weight excluding hydrogens is 580 g/mol. The van der Waals surface area contributed by atoms with Gasteiger partial charge in [-0.2, -0.15) is 4.31 Å². The summed E-state index contributed by atoms with van der Waals surface area (Å²) in [6.07, 6.45) is 0.752. The fourth-order valence-electron chi connectivity index (χ4n) is 5.95. The van der Waals surface area contributed by atoms with Crippen LogP contribution in [0.2, 0.25) is 0 Å². The number of furan rings is 1. The maximum Gasteiger partial charge on any atom is 0.291 e. The van der Waals surface area contributed by atoms with Crippen LogP contribution in [0, 0.1) is 12.8 Å². The largest absolute Gasteiger partial charge is 0.495 e. The zero-order valence-corrected chi connectivity index (χ0v) is 25.7. The van der Waals surface area contributed by atoms with Crippen molar-refractivity contribution in [2.75, 3.05) is 56.6 Å². The normalized spacial score (nSPS) is 16.7. The lowest BCUT2D eigenvalue weighted by Gasteiger charge is -2.36. The lowest BCUT2D eigenvalue weighted by Crippen LogP contribution is -2.49. The summed E-state index contributed by atoms with van der Waals surface area (Å²) in [6, 6.07) is 21.9. The number of carbonyl (C=O) groups excluding carboxylic acids is 2. The molecule has 0 bridgehead atoms. The molecule has 2 amide bonds. The molecule has 2 saturated heterocycles. The molecule has 0 spiro atoms. The number of benzene rings is 3. The first kappa shape index (κ1) is 29.7. The van der Waals surface area contributed by atoms with Gasteiger partial charge in [0.1, 0.15) is 17.0 Å². The smallest absolute Gasteiger partial charge is 0.291 e. The van der Waals surface area contributed by atoms with Crippen molar-refractivity contribution in [2.45, 2.75) is 24.7 Å². The summed E-state index contributed by atoms with van der Waals surface area (Å²) in [4.78, 5) is 31.5. The second-order valence-corrected chi connectivity index (χ2v) is 13.2. The Bertz CT molecular complexity index is 1770. The molecule has 10 nitrogen and oxygen atoms in total. The maximum atomic E-state index is 13.8. The van der Waals surface area contributed by atoms with Crippen molar-refractivity contribution in [1.82, 2.24) is 9.21 Å². The molecule has 0 unspecified atom stereocenters. The summed E-state index contributed by atoms with van der Waals surface area (Å²) >= 11 is 0. The number of carbonyl (C=O) groups is 2. The zero-order valence-electron chi connectivity index (χ0n) is 24.9. The van der Waals surface area contributed by atoms with Gasteiger partial charge in [-0.05, 0) is 56.2 Å². The van der Waals surface area contributed by atoms with E-state index in [1.165, 1.54) is 4.31 Å². The van der Waals surface area contributed by atoms with Gasteiger partial charge in [-0.15, -0.1) is 0 Å². The number of amides is 2. The van der Waals surface area contributed by atoms with Crippen LogP contribution in [0.25, 0.3) is 11.0 Å². The number of methoxy groups -OCH3 is 1. The molecular formula is C33H36N4O6S. The molecule has 4 aromatic rings. The molecule has 0 radical (unpaired) electrons. The number of rotatable bonds is 7. The van der Waals surface area contributed by atoms with Crippen molar-refractivity contribution in [3.63, 3.8) is 0 Å². The third-order valence-electron chi connectivity index (χ3n) is 8.51. The highest BCUT2D eigenvalue weighted by Crippen LogP contribution is 2.34. The van der Waals surface area contributed by atoms with Gasteiger partial charge in [-0.3, -0.25) is 9.59 Å². The zero-order chi connectivity index (χ0) is 30.8. The van der Waals surface area contributed by atoms with Crippen LogP contribution in [-0.2, 0) is 14.8 Å². The van der Waals surface area contributed by atoms with Gasteiger partial charge >= 0.3 is 0 Å². The van der Waals surface area contributed by atoms with Crippen molar-refractivity contribution in [3.05, 3.63) is 84.1 Å². The van der Waals surface area contributed by atoms with E-state index in [1.54, 1.807) is 42.3 Å². The molecule has 1 aromatic heterocycles. The summed E-state index contributed by atoms with van der Waals surface area (Å²) in [6.45, 7) is 4.60. The maximum absolute atomic E-state index is 13.8. The standard InChI is InChI=1S/C33H36N4O6S/c1-23-11-13-25(14-12-23)44(40,41)37-17-15-24(16-18-37)32(38)34-30-26-7-3-5-9-28(26)43-31(30)33(39)36-21-19-35(20-22-36)27-8-4-6-10-29(27)42-2/h3-14,24H,15-22H2,1-2H3,(H,34,38). The van der Waals surface area contributed by atoms with Gasteiger partial charge in [-0.1, -0.05) is 42.0 Å². The molecule has 230 valence electrons. The minimum Gasteiger partial charge on any atom is -0.495 e. The molecule has 0 saturated carbocycles. The fourth-order valence-corrected chi connectivity index (χ4v) is 7.42. The number of hydrogen-bond donors (Lipinski definition) is 1.